The van der Waals surface area contributed by atoms with Gasteiger partial charge in [-0.15, -0.1) is 0 Å². The van der Waals surface area contributed by atoms with Crippen molar-refractivity contribution in [2.24, 2.45) is 11.8 Å². The lowest BCUT2D eigenvalue weighted by Crippen LogP contribution is -2.47. The highest BCUT2D eigenvalue weighted by atomic mass is 16.3. The highest BCUT2D eigenvalue weighted by Crippen LogP contribution is 2.26. The minimum atomic E-state index is -0.650. The summed E-state index contributed by atoms with van der Waals surface area (Å²) < 4.78 is 0. The van der Waals surface area contributed by atoms with Crippen LogP contribution >= 0.6 is 0 Å². The molecule has 0 aromatic heterocycles. The number of hydrogen-bond donors (Lipinski definition) is 3. The van der Waals surface area contributed by atoms with Crippen LogP contribution in [0.5, 0.6) is 0 Å². The average Bonchev–Trinajstić information content (AvgIpc) is 2.61. The second-order valence-corrected chi connectivity index (χ2v) is 5.37. The fraction of sp³-hybridized carbons (Fsp3) is 1.00. The van der Waals surface area contributed by atoms with Crippen LogP contribution < -0.4 is 5.32 Å². The molecule has 1 rings (SSSR count). The molecule has 0 heterocycles. The first-order valence-corrected chi connectivity index (χ1v) is 6.04. The third-order valence-corrected chi connectivity index (χ3v) is 3.86. The molecule has 0 amide bonds. The maximum Gasteiger partial charge on any atom is 0.0766 e. The largest absolute Gasteiger partial charge is 0.396 e. The molecular formula is C12H25NO2. The smallest absolute Gasteiger partial charge is 0.0766 e. The topological polar surface area (TPSA) is 52.5 Å². The van der Waals surface area contributed by atoms with Crippen LogP contribution in [0, 0.1) is 11.8 Å². The quantitative estimate of drug-likeness (QED) is 0.645. The van der Waals surface area contributed by atoms with E-state index in [0.717, 1.165) is 12.8 Å². The van der Waals surface area contributed by atoms with Gasteiger partial charge in [0.15, 0.2) is 0 Å². The summed E-state index contributed by atoms with van der Waals surface area (Å²) in [7, 11) is 0. The van der Waals surface area contributed by atoms with Crippen molar-refractivity contribution < 1.29 is 10.2 Å². The Balaban J connectivity index is 2.36. The van der Waals surface area contributed by atoms with Crippen molar-refractivity contribution in [3.63, 3.8) is 0 Å². The Hall–Kier alpha value is -0.120. The van der Waals surface area contributed by atoms with Crippen molar-refractivity contribution in [2.45, 2.75) is 51.7 Å². The molecule has 1 fully saturated rings. The highest BCUT2D eigenvalue weighted by molar-refractivity contribution is 4.87. The van der Waals surface area contributed by atoms with E-state index in [1.165, 1.54) is 6.42 Å². The van der Waals surface area contributed by atoms with Crippen LogP contribution in [-0.4, -0.2) is 35.0 Å². The van der Waals surface area contributed by atoms with Crippen LogP contribution in [0.2, 0.25) is 0 Å². The van der Waals surface area contributed by atoms with E-state index in [-0.39, 0.29) is 12.5 Å². The third kappa shape index (κ3) is 3.44. The summed E-state index contributed by atoms with van der Waals surface area (Å²) in [4.78, 5) is 0. The van der Waals surface area contributed by atoms with Crippen LogP contribution in [0.3, 0.4) is 0 Å². The lowest BCUT2D eigenvalue weighted by atomic mass is 9.92. The fourth-order valence-electron chi connectivity index (χ4n) is 2.07. The zero-order chi connectivity index (χ0) is 11.5. The molecule has 0 aliphatic heterocycles. The molecule has 0 aromatic rings. The van der Waals surface area contributed by atoms with Crippen molar-refractivity contribution in [2.75, 3.05) is 13.2 Å². The summed E-state index contributed by atoms with van der Waals surface area (Å²) in [5, 5.41) is 22.7. The predicted octanol–water partition coefficient (Wildman–Crippen LogP) is 1.14. The number of hydrogen-bond acceptors (Lipinski definition) is 3. The zero-order valence-electron chi connectivity index (χ0n) is 10.2. The minimum absolute atomic E-state index is 0.249. The number of aliphatic hydroxyl groups excluding tert-OH is 1. The second-order valence-electron chi connectivity index (χ2n) is 5.37. The minimum Gasteiger partial charge on any atom is -0.396 e. The first kappa shape index (κ1) is 12.9. The SMILES string of the molecule is CC(C)C(C)(O)CNC1CCCC1CO. The Labute approximate surface area is 92.9 Å². The van der Waals surface area contributed by atoms with Gasteiger partial charge in [0.25, 0.3) is 0 Å². The van der Waals surface area contributed by atoms with Crippen molar-refractivity contribution in [3.8, 4) is 0 Å². The summed E-state index contributed by atoms with van der Waals surface area (Å²) in [6.45, 7) is 6.81. The van der Waals surface area contributed by atoms with E-state index in [0.29, 0.717) is 18.5 Å². The van der Waals surface area contributed by atoms with Gasteiger partial charge in [-0.1, -0.05) is 20.3 Å². The number of rotatable bonds is 5. The van der Waals surface area contributed by atoms with Gasteiger partial charge < -0.3 is 15.5 Å². The molecule has 0 aromatic carbocycles. The Morgan fingerprint density at radius 3 is 2.60 bits per heavy atom. The van der Waals surface area contributed by atoms with Gasteiger partial charge in [-0.05, 0) is 31.6 Å². The van der Waals surface area contributed by atoms with Gasteiger partial charge in [0.1, 0.15) is 0 Å². The Morgan fingerprint density at radius 1 is 1.40 bits per heavy atom. The van der Waals surface area contributed by atoms with E-state index >= 15 is 0 Å². The van der Waals surface area contributed by atoms with Crippen molar-refractivity contribution in [1.82, 2.24) is 5.32 Å². The van der Waals surface area contributed by atoms with Crippen LogP contribution in [0.25, 0.3) is 0 Å². The van der Waals surface area contributed by atoms with Crippen LogP contribution in [0.4, 0.5) is 0 Å². The molecule has 0 spiro atoms. The van der Waals surface area contributed by atoms with Gasteiger partial charge in [-0.3, -0.25) is 0 Å². The molecule has 15 heavy (non-hydrogen) atoms. The molecule has 3 N–H and O–H groups in total. The monoisotopic (exact) mass is 215 g/mol. The highest BCUT2D eigenvalue weighted by Gasteiger charge is 2.30. The summed E-state index contributed by atoms with van der Waals surface area (Å²) in [5.41, 5.74) is -0.650. The lowest BCUT2D eigenvalue weighted by molar-refractivity contribution is 0.00981. The Bertz CT molecular complexity index is 192. The predicted molar refractivity (Wildman–Crippen MR) is 61.7 cm³/mol. The van der Waals surface area contributed by atoms with E-state index in [1.54, 1.807) is 0 Å². The van der Waals surface area contributed by atoms with Crippen molar-refractivity contribution >= 4 is 0 Å². The normalized spacial score (nSPS) is 30.8. The summed E-state index contributed by atoms with van der Waals surface area (Å²) in [6, 6.07) is 0.389. The maximum atomic E-state index is 10.1. The molecule has 90 valence electrons. The molecule has 3 unspecified atom stereocenters. The first-order chi connectivity index (χ1) is 6.97. The van der Waals surface area contributed by atoms with Gasteiger partial charge in [0.2, 0.25) is 0 Å². The molecule has 0 bridgehead atoms. The average molecular weight is 215 g/mol. The molecule has 1 saturated carbocycles. The van der Waals surface area contributed by atoms with Crippen molar-refractivity contribution in [3.05, 3.63) is 0 Å². The molecule has 0 saturated heterocycles. The fourth-order valence-corrected chi connectivity index (χ4v) is 2.07. The standard InChI is InChI=1S/C12H25NO2/c1-9(2)12(3,15)8-13-11-6-4-5-10(11)7-14/h9-11,13-15H,4-8H2,1-3H3. The molecule has 3 heteroatoms. The Morgan fingerprint density at radius 2 is 2.07 bits per heavy atom. The summed E-state index contributed by atoms with van der Waals surface area (Å²) in [5.74, 6) is 0.631. The van der Waals surface area contributed by atoms with Gasteiger partial charge in [-0.25, -0.2) is 0 Å². The van der Waals surface area contributed by atoms with Crippen molar-refractivity contribution in [1.29, 1.82) is 0 Å². The van der Waals surface area contributed by atoms with Crippen LogP contribution in [0.1, 0.15) is 40.0 Å². The van der Waals surface area contributed by atoms with E-state index in [9.17, 15) is 10.2 Å². The second kappa shape index (κ2) is 5.28. The molecule has 3 atom stereocenters. The number of nitrogens with one attached hydrogen (secondary N) is 1. The van der Waals surface area contributed by atoms with E-state index in [2.05, 4.69) is 5.32 Å². The molecule has 3 nitrogen and oxygen atoms in total. The zero-order valence-corrected chi connectivity index (χ0v) is 10.2. The van der Waals surface area contributed by atoms with E-state index in [1.807, 2.05) is 20.8 Å². The van der Waals surface area contributed by atoms with Gasteiger partial charge in [0.05, 0.1) is 5.60 Å². The lowest BCUT2D eigenvalue weighted by Gasteiger charge is -2.31. The molecular weight excluding hydrogens is 190 g/mol. The molecule has 1 aliphatic rings. The van der Waals surface area contributed by atoms with Crippen LogP contribution in [-0.2, 0) is 0 Å². The van der Waals surface area contributed by atoms with Crippen LogP contribution in [0.15, 0.2) is 0 Å². The Kier molecular flexibility index (Phi) is 4.56. The maximum absolute atomic E-state index is 10.1. The third-order valence-electron chi connectivity index (χ3n) is 3.86. The number of aliphatic hydroxyl groups is 2. The summed E-state index contributed by atoms with van der Waals surface area (Å²) in [6.07, 6.45) is 3.42. The van der Waals surface area contributed by atoms with Gasteiger partial charge in [0, 0.05) is 19.2 Å². The van der Waals surface area contributed by atoms with E-state index in [4.69, 9.17) is 0 Å². The van der Waals surface area contributed by atoms with Gasteiger partial charge >= 0.3 is 0 Å². The first-order valence-electron chi connectivity index (χ1n) is 6.04. The van der Waals surface area contributed by atoms with Gasteiger partial charge in [-0.2, -0.15) is 0 Å². The van der Waals surface area contributed by atoms with E-state index < -0.39 is 5.60 Å². The molecule has 0 radical (unpaired) electrons. The molecule has 1 aliphatic carbocycles. The summed E-state index contributed by atoms with van der Waals surface area (Å²) >= 11 is 0.